The molecule has 0 aliphatic rings. The van der Waals surface area contributed by atoms with Crippen LogP contribution in [0.4, 0.5) is 39.8 Å². The second-order valence-electron chi connectivity index (χ2n) is 10.9. The first kappa shape index (κ1) is 45.7. The summed E-state index contributed by atoms with van der Waals surface area (Å²) in [5, 5.41) is 55.0. The molecule has 0 aromatic heterocycles. The van der Waals surface area contributed by atoms with Gasteiger partial charge in [0.05, 0.1) is 33.3 Å². The van der Waals surface area contributed by atoms with Crippen LogP contribution in [-0.4, -0.2) is 136 Å². The zero-order valence-corrected chi connectivity index (χ0v) is 36.7. The van der Waals surface area contributed by atoms with Crippen LogP contribution in [0, 0.1) is 0 Å². The molecule has 6 rings (SSSR count). The first-order valence-electron chi connectivity index (χ1n) is 14.6. The Morgan fingerprint density at radius 2 is 1.11 bits per heavy atom. The van der Waals surface area contributed by atoms with Gasteiger partial charge in [0, 0.05) is 111 Å². The van der Waals surface area contributed by atoms with Gasteiger partial charge in [-0.1, -0.05) is 6.07 Å². The summed E-state index contributed by atoms with van der Waals surface area (Å²) in [6.45, 7) is 0. The molecule has 0 unspecified atom stereocenters. The Labute approximate surface area is 378 Å². The molecule has 0 fully saturated rings. The topological polar surface area (TPSA) is 287 Å². The summed E-state index contributed by atoms with van der Waals surface area (Å²) in [6.07, 6.45) is 0. The van der Waals surface area contributed by atoms with Crippen molar-refractivity contribution in [3.63, 3.8) is 0 Å². The molecule has 0 amide bonds. The Hall–Kier alpha value is -3.67. The van der Waals surface area contributed by atoms with Gasteiger partial charge in [-0.15, -0.1) is 15.3 Å². The fourth-order valence-corrected chi connectivity index (χ4v) is 6.13. The Kier molecular flexibility index (Phi) is 15.4. The summed E-state index contributed by atoms with van der Waals surface area (Å²) in [7, 11) is -9.57. The van der Waals surface area contributed by atoms with Crippen molar-refractivity contribution < 1.29 is 46.1 Å². The Morgan fingerprint density at radius 1 is 0.564 bits per heavy atom. The minimum Gasteiger partial charge on any atom is -0.507 e. The van der Waals surface area contributed by atoms with Gasteiger partial charge in [0.15, 0.2) is 5.75 Å². The molecule has 3 radical (unpaired) electrons. The van der Waals surface area contributed by atoms with Crippen LogP contribution in [0.5, 0.6) is 11.5 Å². The summed E-state index contributed by atoms with van der Waals surface area (Å²) in [6, 6.07) is 21.7. The maximum Gasteiger partial charge on any atom is 0.339 e. The molecule has 6 aromatic carbocycles. The summed E-state index contributed by atoms with van der Waals surface area (Å²) < 4.78 is 68.1. The number of fused-ring (bicyclic) bond motifs is 2. The number of aromatic hydroxyl groups is 2. The summed E-state index contributed by atoms with van der Waals surface area (Å²) in [5.41, 5.74) is 6.26. The van der Waals surface area contributed by atoms with E-state index in [4.69, 9.17) is 10.8 Å². The van der Waals surface area contributed by atoms with E-state index in [1.54, 1.807) is 24.3 Å². The molecule has 55 heavy (non-hydrogen) atoms. The van der Waals surface area contributed by atoms with E-state index in [-0.39, 0.29) is 139 Å². The van der Waals surface area contributed by atoms with E-state index >= 15 is 0 Å². The van der Waals surface area contributed by atoms with Crippen molar-refractivity contribution in [1.82, 2.24) is 0 Å². The number of hydrogen-bond donors (Lipinski definition) is 6. The van der Waals surface area contributed by atoms with Gasteiger partial charge in [-0.3, -0.25) is 9.11 Å². The molecule has 265 valence electrons. The summed E-state index contributed by atoms with van der Waals surface area (Å²) in [5.74, 6) is -2.34. The normalized spacial score (nSPS) is 11.8. The standard InChI is InChI=1S/C33H23N7O10S2.3Na/c34-18-1-8-23-17(13-18)14-30(52(48,49)50)31(32(23)42)40-39-27-10-11-28(25-16-22(51(45,46)47)7-9-24(25)27)38-36-20-4-2-19(3-5-20)35-37-21-6-12-29(41)26(15-21)33(43)44;;;/h1-16,41-42H,34H2,(H,43,44)(H,45,46,47)(H,48,49,50);;;. The van der Waals surface area contributed by atoms with Crippen LogP contribution >= 0.6 is 0 Å². The molecule has 0 bridgehead atoms. The largest absolute Gasteiger partial charge is 0.507 e. The SMILES string of the molecule is Nc1ccc2c(O)c(N=Nc3ccc(N=Nc4ccc(N=Nc5ccc(O)c(C(=O)O)c5)cc4)c4cc(S(=O)(=O)O)ccc34)c(S(=O)(=O)O)cc2c1.[Na].[Na].[Na]. The molecular formula is C33H23N7Na3O10S2. The minimum absolute atomic E-state index is 0. The van der Waals surface area contributed by atoms with Gasteiger partial charge < -0.3 is 21.1 Å². The number of nitrogens with zero attached hydrogens (tertiary/aromatic N) is 6. The van der Waals surface area contributed by atoms with Crippen LogP contribution < -0.4 is 5.73 Å². The van der Waals surface area contributed by atoms with Crippen LogP contribution in [0.15, 0.2) is 138 Å². The molecule has 17 nitrogen and oxygen atoms in total. The molecule has 0 spiro atoms. The van der Waals surface area contributed by atoms with Gasteiger partial charge in [-0.2, -0.15) is 32.2 Å². The number of carboxylic acid groups (broad SMARTS) is 1. The average Bonchev–Trinajstić information content (AvgIpc) is 3.09. The average molecular weight is 811 g/mol. The van der Waals surface area contributed by atoms with E-state index in [2.05, 4.69) is 30.7 Å². The first-order chi connectivity index (χ1) is 24.6. The van der Waals surface area contributed by atoms with E-state index in [1.165, 1.54) is 48.5 Å². The number of hydrogen-bond acceptors (Lipinski definition) is 14. The second-order valence-corrected chi connectivity index (χ2v) is 13.7. The number of benzene rings is 6. The smallest absolute Gasteiger partial charge is 0.339 e. The van der Waals surface area contributed by atoms with Crippen LogP contribution in [0.3, 0.4) is 0 Å². The van der Waals surface area contributed by atoms with Crippen molar-refractivity contribution in [3.8, 4) is 11.5 Å². The first-order valence-corrected chi connectivity index (χ1v) is 17.4. The molecule has 7 N–H and O–H groups in total. The fraction of sp³-hybridized carbons (Fsp3) is 0. The number of aromatic carboxylic acids is 1. The van der Waals surface area contributed by atoms with Gasteiger partial charge in [-0.25, -0.2) is 4.79 Å². The van der Waals surface area contributed by atoms with Crippen molar-refractivity contribution in [1.29, 1.82) is 0 Å². The number of rotatable bonds is 9. The zero-order chi connectivity index (χ0) is 37.4. The van der Waals surface area contributed by atoms with Crippen LogP contribution in [-0.2, 0) is 20.2 Å². The monoisotopic (exact) mass is 810 g/mol. The third kappa shape index (κ3) is 10.6. The van der Waals surface area contributed by atoms with Crippen LogP contribution in [0.2, 0.25) is 0 Å². The summed E-state index contributed by atoms with van der Waals surface area (Å²) in [4.78, 5) is 10.0. The number of phenols is 2. The number of carboxylic acids is 1. The van der Waals surface area contributed by atoms with Gasteiger partial charge in [0.2, 0.25) is 0 Å². The Morgan fingerprint density at radius 3 is 1.71 bits per heavy atom. The minimum atomic E-state index is -4.91. The van der Waals surface area contributed by atoms with Gasteiger partial charge in [0.25, 0.3) is 20.2 Å². The van der Waals surface area contributed by atoms with E-state index in [0.29, 0.717) is 11.4 Å². The number of phenolic OH excluding ortho intramolecular Hbond substituents is 1. The van der Waals surface area contributed by atoms with Crippen LogP contribution in [0.25, 0.3) is 21.5 Å². The number of nitrogens with two attached hydrogens (primary N) is 1. The van der Waals surface area contributed by atoms with Crippen molar-refractivity contribution in [2.75, 3.05) is 5.73 Å². The molecule has 0 atom stereocenters. The predicted molar refractivity (Wildman–Crippen MR) is 205 cm³/mol. The molecule has 0 aliphatic heterocycles. The second kappa shape index (κ2) is 18.5. The van der Waals surface area contributed by atoms with Crippen molar-refractivity contribution in [2.24, 2.45) is 30.7 Å². The Balaban J connectivity index is 0.00000271. The Bertz CT molecular complexity index is 2770. The zero-order valence-electron chi connectivity index (χ0n) is 29.1. The number of azo groups is 3. The van der Waals surface area contributed by atoms with Gasteiger partial charge >= 0.3 is 5.97 Å². The molecule has 0 saturated heterocycles. The van der Waals surface area contributed by atoms with Crippen molar-refractivity contribution in [2.45, 2.75) is 9.79 Å². The maximum atomic E-state index is 12.2. The maximum absolute atomic E-state index is 12.2. The third-order valence-electron chi connectivity index (χ3n) is 7.46. The van der Waals surface area contributed by atoms with Crippen molar-refractivity contribution in [3.05, 3.63) is 103 Å². The number of carbonyl (C=O) groups is 1. The predicted octanol–water partition coefficient (Wildman–Crippen LogP) is 7.28. The van der Waals surface area contributed by atoms with Gasteiger partial charge in [0.1, 0.15) is 21.9 Å². The van der Waals surface area contributed by atoms with E-state index in [9.17, 15) is 40.9 Å². The van der Waals surface area contributed by atoms with Crippen LogP contribution in [0.1, 0.15) is 10.4 Å². The number of nitrogen functional groups attached to an aromatic ring is 1. The molecular weight excluding hydrogens is 788 g/mol. The molecule has 22 heteroatoms. The quantitative estimate of drug-likeness (QED) is 0.0365. The molecule has 0 heterocycles. The van der Waals surface area contributed by atoms with Crippen molar-refractivity contribution >= 4 is 176 Å². The number of anilines is 1. The third-order valence-corrected chi connectivity index (χ3v) is 9.18. The molecule has 0 saturated carbocycles. The molecule has 6 aromatic rings. The summed E-state index contributed by atoms with van der Waals surface area (Å²) >= 11 is 0. The molecule has 0 aliphatic carbocycles. The van der Waals surface area contributed by atoms with E-state index in [0.717, 1.165) is 24.3 Å². The van der Waals surface area contributed by atoms with Gasteiger partial charge in [-0.05, 0) is 96.4 Å². The van der Waals surface area contributed by atoms with E-state index in [1.807, 2.05) is 0 Å². The van der Waals surface area contributed by atoms with E-state index < -0.39 is 53.2 Å². The fourth-order valence-electron chi connectivity index (χ4n) is 4.97.